The summed E-state index contributed by atoms with van der Waals surface area (Å²) in [5, 5.41) is 5.81. The van der Waals surface area contributed by atoms with Crippen LogP contribution in [0.5, 0.6) is 0 Å². The van der Waals surface area contributed by atoms with E-state index in [4.69, 9.17) is 5.73 Å². The molecule has 76 valence electrons. The number of nitrogens with two attached hydrogens (primary N) is 1. The third-order valence-corrected chi connectivity index (χ3v) is 2.47. The summed E-state index contributed by atoms with van der Waals surface area (Å²) >= 11 is 0. The first-order valence-electron chi connectivity index (χ1n) is 4.92. The quantitative estimate of drug-likeness (QED) is 0.560. The summed E-state index contributed by atoms with van der Waals surface area (Å²) in [4.78, 5) is 11.2. The first-order chi connectivity index (χ1) is 6.22. The van der Waals surface area contributed by atoms with Gasteiger partial charge in [-0.15, -0.1) is 0 Å². The Morgan fingerprint density at radius 2 is 2.00 bits per heavy atom. The second-order valence-electron chi connectivity index (χ2n) is 3.71. The summed E-state index contributed by atoms with van der Waals surface area (Å²) < 4.78 is 0. The van der Waals surface area contributed by atoms with Gasteiger partial charge >= 0.3 is 0 Å². The first kappa shape index (κ1) is 10.5. The minimum absolute atomic E-state index is 0.0861. The van der Waals surface area contributed by atoms with Crippen molar-refractivity contribution in [2.45, 2.75) is 37.8 Å². The van der Waals surface area contributed by atoms with Crippen molar-refractivity contribution >= 4 is 5.91 Å². The maximum atomic E-state index is 11.2. The van der Waals surface area contributed by atoms with Gasteiger partial charge in [0, 0.05) is 12.1 Å². The molecule has 13 heavy (non-hydrogen) atoms. The highest BCUT2D eigenvalue weighted by Gasteiger charge is 2.19. The zero-order valence-corrected chi connectivity index (χ0v) is 8.18. The van der Waals surface area contributed by atoms with E-state index in [1.54, 1.807) is 7.05 Å². The molecule has 0 bridgehead atoms. The Balaban J connectivity index is 2.18. The van der Waals surface area contributed by atoms with Gasteiger partial charge in [-0.2, -0.15) is 0 Å². The molecule has 1 amide bonds. The molecule has 0 spiro atoms. The molecule has 0 saturated heterocycles. The lowest BCUT2D eigenvalue weighted by Gasteiger charge is -2.26. The summed E-state index contributed by atoms with van der Waals surface area (Å²) in [6, 6.07) is 0.693. The minimum atomic E-state index is 0.0861. The Morgan fingerprint density at radius 1 is 1.38 bits per heavy atom. The fraction of sp³-hybridized carbons (Fsp3) is 0.889. The van der Waals surface area contributed by atoms with Crippen LogP contribution >= 0.6 is 0 Å². The number of hydrogen-bond acceptors (Lipinski definition) is 3. The average molecular weight is 185 g/mol. The molecular formula is C9H19N3O. The summed E-state index contributed by atoms with van der Waals surface area (Å²) in [5.74, 6) is 0.0861. The van der Waals surface area contributed by atoms with E-state index >= 15 is 0 Å². The number of nitrogens with one attached hydrogen (secondary N) is 2. The Morgan fingerprint density at radius 3 is 2.54 bits per heavy atom. The second kappa shape index (κ2) is 5.19. The highest BCUT2D eigenvalue weighted by Crippen LogP contribution is 2.16. The molecule has 1 saturated carbocycles. The van der Waals surface area contributed by atoms with Crippen molar-refractivity contribution in [3.63, 3.8) is 0 Å². The zero-order valence-electron chi connectivity index (χ0n) is 8.18. The summed E-state index contributed by atoms with van der Waals surface area (Å²) in [7, 11) is 1.77. The molecule has 1 rings (SSSR count). The molecule has 1 aliphatic carbocycles. The SMILES string of the molecule is CNCC(=O)N[C@H]1CC[C@H](N)CC1. The lowest BCUT2D eigenvalue weighted by Crippen LogP contribution is -2.43. The predicted octanol–water partition coefficient (Wildman–Crippen LogP) is -0.408. The Kier molecular flexibility index (Phi) is 4.18. The molecule has 0 aromatic carbocycles. The van der Waals surface area contributed by atoms with Gasteiger partial charge < -0.3 is 16.4 Å². The van der Waals surface area contributed by atoms with E-state index in [0.717, 1.165) is 25.7 Å². The molecular weight excluding hydrogens is 166 g/mol. The Labute approximate surface area is 79.3 Å². The highest BCUT2D eigenvalue weighted by molar-refractivity contribution is 5.78. The average Bonchev–Trinajstić information content (AvgIpc) is 2.09. The number of carbonyl (C=O) groups is 1. The van der Waals surface area contributed by atoms with Crippen molar-refractivity contribution < 1.29 is 4.79 Å². The van der Waals surface area contributed by atoms with Crippen molar-refractivity contribution in [3.05, 3.63) is 0 Å². The van der Waals surface area contributed by atoms with E-state index in [0.29, 0.717) is 18.6 Å². The van der Waals surface area contributed by atoms with Crippen molar-refractivity contribution in [2.75, 3.05) is 13.6 Å². The van der Waals surface area contributed by atoms with E-state index in [9.17, 15) is 4.79 Å². The van der Waals surface area contributed by atoms with Crippen LogP contribution in [-0.4, -0.2) is 31.6 Å². The predicted molar refractivity (Wildman–Crippen MR) is 52.3 cm³/mol. The van der Waals surface area contributed by atoms with Crippen LogP contribution in [0.15, 0.2) is 0 Å². The number of carbonyl (C=O) groups excluding carboxylic acids is 1. The first-order valence-corrected chi connectivity index (χ1v) is 4.92. The van der Waals surface area contributed by atoms with Gasteiger partial charge in [-0.25, -0.2) is 0 Å². The minimum Gasteiger partial charge on any atom is -0.352 e. The lowest BCUT2D eigenvalue weighted by molar-refractivity contribution is -0.121. The Bertz CT molecular complexity index is 164. The largest absolute Gasteiger partial charge is 0.352 e. The summed E-state index contributed by atoms with van der Waals surface area (Å²) in [6.07, 6.45) is 4.11. The van der Waals surface area contributed by atoms with E-state index in [1.165, 1.54) is 0 Å². The van der Waals surface area contributed by atoms with E-state index < -0.39 is 0 Å². The van der Waals surface area contributed by atoms with Crippen LogP contribution in [0.2, 0.25) is 0 Å². The lowest BCUT2D eigenvalue weighted by atomic mass is 9.92. The van der Waals surface area contributed by atoms with E-state index in [2.05, 4.69) is 10.6 Å². The van der Waals surface area contributed by atoms with Crippen LogP contribution in [0, 0.1) is 0 Å². The third kappa shape index (κ3) is 3.74. The van der Waals surface area contributed by atoms with Gasteiger partial charge in [-0.05, 0) is 32.7 Å². The number of likely N-dealkylation sites (N-methyl/N-ethyl adjacent to an activating group) is 1. The van der Waals surface area contributed by atoms with E-state index in [1.807, 2.05) is 0 Å². The molecule has 0 aromatic rings. The summed E-state index contributed by atoms with van der Waals surface area (Å²) in [5.41, 5.74) is 5.76. The van der Waals surface area contributed by atoms with Gasteiger partial charge in [-0.3, -0.25) is 4.79 Å². The fourth-order valence-electron chi connectivity index (χ4n) is 1.70. The molecule has 0 atom stereocenters. The van der Waals surface area contributed by atoms with Crippen LogP contribution in [-0.2, 0) is 4.79 Å². The van der Waals surface area contributed by atoms with Crippen LogP contribution in [0.3, 0.4) is 0 Å². The smallest absolute Gasteiger partial charge is 0.234 e. The second-order valence-corrected chi connectivity index (χ2v) is 3.71. The summed E-state index contributed by atoms with van der Waals surface area (Å²) in [6.45, 7) is 0.405. The molecule has 1 aliphatic rings. The number of amides is 1. The van der Waals surface area contributed by atoms with Gasteiger partial charge in [0.05, 0.1) is 6.54 Å². The molecule has 0 unspecified atom stereocenters. The Hall–Kier alpha value is -0.610. The van der Waals surface area contributed by atoms with Gasteiger partial charge in [-0.1, -0.05) is 0 Å². The normalized spacial score (nSPS) is 28.5. The monoisotopic (exact) mass is 185 g/mol. The number of hydrogen-bond donors (Lipinski definition) is 3. The molecule has 1 fully saturated rings. The van der Waals surface area contributed by atoms with Crippen LogP contribution in [0.4, 0.5) is 0 Å². The molecule has 0 aliphatic heterocycles. The maximum Gasteiger partial charge on any atom is 0.234 e. The topological polar surface area (TPSA) is 67.2 Å². The van der Waals surface area contributed by atoms with Gasteiger partial charge in [0.25, 0.3) is 0 Å². The van der Waals surface area contributed by atoms with Crippen molar-refractivity contribution in [1.82, 2.24) is 10.6 Å². The van der Waals surface area contributed by atoms with Crippen molar-refractivity contribution in [1.29, 1.82) is 0 Å². The molecule has 0 heterocycles. The van der Waals surface area contributed by atoms with Gasteiger partial charge in [0.1, 0.15) is 0 Å². The van der Waals surface area contributed by atoms with Crippen molar-refractivity contribution in [2.24, 2.45) is 5.73 Å². The fourth-order valence-corrected chi connectivity index (χ4v) is 1.70. The molecule has 4 nitrogen and oxygen atoms in total. The van der Waals surface area contributed by atoms with Crippen LogP contribution in [0.25, 0.3) is 0 Å². The molecule has 0 radical (unpaired) electrons. The van der Waals surface area contributed by atoms with Gasteiger partial charge in [0.2, 0.25) is 5.91 Å². The maximum absolute atomic E-state index is 11.2. The third-order valence-electron chi connectivity index (χ3n) is 2.47. The number of rotatable bonds is 3. The van der Waals surface area contributed by atoms with E-state index in [-0.39, 0.29) is 5.91 Å². The van der Waals surface area contributed by atoms with Crippen molar-refractivity contribution in [3.8, 4) is 0 Å². The standard InChI is InChI=1S/C9H19N3O/c1-11-6-9(13)12-8-4-2-7(10)3-5-8/h7-8,11H,2-6,10H2,1H3,(H,12,13)/t7-,8-. The van der Waals surface area contributed by atoms with Crippen LogP contribution < -0.4 is 16.4 Å². The highest BCUT2D eigenvalue weighted by atomic mass is 16.1. The molecule has 4 heteroatoms. The zero-order chi connectivity index (χ0) is 9.68. The van der Waals surface area contributed by atoms with Gasteiger partial charge in [0.15, 0.2) is 0 Å². The molecule has 0 aromatic heterocycles. The molecule has 4 N–H and O–H groups in total. The van der Waals surface area contributed by atoms with Crippen LogP contribution in [0.1, 0.15) is 25.7 Å².